The number of nitrogens with one attached hydrogen (secondary N) is 1. The van der Waals surface area contributed by atoms with E-state index in [0.29, 0.717) is 19.0 Å². The van der Waals surface area contributed by atoms with Gasteiger partial charge in [0.1, 0.15) is 5.00 Å². The van der Waals surface area contributed by atoms with Gasteiger partial charge < -0.3 is 14.5 Å². The summed E-state index contributed by atoms with van der Waals surface area (Å²) in [7, 11) is 0. The molecule has 0 aromatic carbocycles. The van der Waals surface area contributed by atoms with Crippen LogP contribution in [0, 0.1) is 13.8 Å². The predicted molar refractivity (Wildman–Crippen MR) is 109 cm³/mol. The fraction of sp³-hybridized carbons (Fsp3) is 0.333. The third kappa shape index (κ3) is 3.73. The minimum absolute atomic E-state index is 0.0313. The molecule has 1 aliphatic heterocycles. The molecule has 1 N–H and O–H groups in total. The number of ether oxygens (including phenoxy) is 1. The number of pyridine rings is 1. The van der Waals surface area contributed by atoms with Crippen LogP contribution in [0.2, 0.25) is 0 Å². The smallest absolute Gasteiger partial charge is 0.291 e. The lowest BCUT2D eigenvalue weighted by atomic mass is 9.95. The monoisotopic (exact) mass is 397 g/mol. The fourth-order valence-electron chi connectivity index (χ4n) is 3.58. The Kier molecular flexibility index (Phi) is 5.57. The Bertz CT molecular complexity index is 931. The normalized spacial score (nSPS) is 16.1. The minimum atomic E-state index is -0.233. The van der Waals surface area contributed by atoms with Gasteiger partial charge in [0.25, 0.3) is 5.91 Å². The molecule has 3 aromatic heterocycles. The molecule has 3 aromatic rings. The maximum atomic E-state index is 12.6. The number of morpholine rings is 1. The molecule has 1 fully saturated rings. The van der Waals surface area contributed by atoms with Gasteiger partial charge in [0.15, 0.2) is 5.76 Å². The van der Waals surface area contributed by atoms with Crippen molar-refractivity contribution in [2.45, 2.75) is 19.9 Å². The zero-order valence-corrected chi connectivity index (χ0v) is 16.8. The van der Waals surface area contributed by atoms with Crippen molar-refractivity contribution in [3.63, 3.8) is 0 Å². The molecule has 1 aliphatic rings. The largest absolute Gasteiger partial charge is 0.459 e. The Balaban J connectivity index is 1.76. The van der Waals surface area contributed by atoms with Crippen LogP contribution in [-0.2, 0) is 4.74 Å². The van der Waals surface area contributed by atoms with E-state index < -0.39 is 0 Å². The lowest BCUT2D eigenvalue weighted by Gasteiger charge is -2.35. The quantitative estimate of drug-likeness (QED) is 0.704. The molecule has 7 heteroatoms. The number of anilines is 1. The Morgan fingerprint density at radius 2 is 1.96 bits per heavy atom. The van der Waals surface area contributed by atoms with Crippen LogP contribution in [0.5, 0.6) is 0 Å². The van der Waals surface area contributed by atoms with E-state index in [9.17, 15) is 4.79 Å². The van der Waals surface area contributed by atoms with Gasteiger partial charge in [-0.15, -0.1) is 11.3 Å². The summed E-state index contributed by atoms with van der Waals surface area (Å²) in [5, 5.41) is 3.94. The van der Waals surface area contributed by atoms with Crippen molar-refractivity contribution in [3.05, 3.63) is 70.3 Å². The molecule has 0 spiro atoms. The number of nitrogens with zero attached hydrogens (tertiary/aromatic N) is 2. The first kappa shape index (κ1) is 18.9. The van der Waals surface area contributed by atoms with Crippen LogP contribution in [-0.4, -0.2) is 42.1 Å². The number of aromatic nitrogens is 1. The van der Waals surface area contributed by atoms with Crippen molar-refractivity contribution >= 4 is 22.2 Å². The summed E-state index contributed by atoms with van der Waals surface area (Å²) in [4.78, 5) is 20.4. The molecule has 0 bridgehead atoms. The first-order valence-corrected chi connectivity index (χ1v) is 10.1. The van der Waals surface area contributed by atoms with E-state index in [1.165, 1.54) is 16.7 Å². The standard InChI is InChI=1S/C21H23N3O3S/c1-14-15(2)28-21(23-20(25)17-4-3-11-27-17)18(14)19(16-5-7-22-8-6-16)24-9-12-26-13-10-24/h3-8,11,19H,9-10,12-13H2,1-2H3,(H,23,25)/t19-/m1/s1. The van der Waals surface area contributed by atoms with E-state index in [0.717, 1.165) is 29.2 Å². The van der Waals surface area contributed by atoms with Gasteiger partial charge in [-0.25, -0.2) is 0 Å². The topological polar surface area (TPSA) is 67.6 Å². The molecule has 1 amide bonds. The van der Waals surface area contributed by atoms with Crippen LogP contribution < -0.4 is 5.32 Å². The van der Waals surface area contributed by atoms with Gasteiger partial charge in [-0.2, -0.15) is 0 Å². The SMILES string of the molecule is Cc1sc(NC(=O)c2ccco2)c([C@@H](c2ccncc2)N2CCOCC2)c1C. The molecular formula is C21H23N3O3S. The molecule has 0 aliphatic carbocycles. The molecule has 6 nitrogen and oxygen atoms in total. The van der Waals surface area contributed by atoms with E-state index in [2.05, 4.69) is 29.0 Å². The van der Waals surface area contributed by atoms with Gasteiger partial charge in [0.05, 0.1) is 25.5 Å². The summed E-state index contributed by atoms with van der Waals surface area (Å²) in [6.07, 6.45) is 5.14. The van der Waals surface area contributed by atoms with Gasteiger partial charge in [-0.05, 0) is 49.2 Å². The molecule has 1 saturated heterocycles. The van der Waals surface area contributed by atoms with E-state index >= 15 is 0 Å². The van der Waals surface area contributed by atoms with E-state index in [1.807, 2.05) is 24.5 Å². The van der Waals surface area contributed by atoms with Crippen LogP contribution in [0.4, 0.5) is 5.00 Å². The maximum Gasteiger partial charge on any atom is 0.291 e. The number of thiophene rings is 1. The van der Waals surface area contributed by atoms with Crippen molar-refractivity contribution in [1.82, 2.24) is 9.88 Å². The van der Waals surface area contributed by atoms with Gasteiger partial charge in [-0.1, -0.05) is 0 Å². The second-order valence-electron chi connectivity index (χ2n) is 6.79. The molecule has 0 unspecified atom stereocenters. The van der Waals surface area contributed by atoms with Gasteiger partial charge in [0.2, 0.25) is 0 Å². The number of carbonyl (C=O) groups is 1. The van der Waals surface area contributed by atoms with Crippen molar-refractivity contribution in [3.8, 4) is 0 Å². The summed E-state index contributed by atoms with van der Waals surface area (Å²) in [6.45, 7) is 7.31. The van der Waals surface area contributed by atoms with Crippen LogP contribution >= 0.6 is 11.3 Å². The highest BCUT2D eigenvalue weighted by Crippen LogP contribution is 2.42. The number of furan rings is 1. The van der Waals surface area contributed by atoms with Crippen LogP contribution in [0.1, 0.15) is 38.2 Å². The first-order chi connectivity index (χ1) is 13.6. The number of hydrogen-bond donors (Lipinski definition) is 1. The Hall–Kier alpha value is -2.48. The second-order valence-corrected chi connectivity index (χ2v) is 8.01. The summed E-state index contributed by atoms with van der Waals surface area (Å²) in [6, 6.07) is 7.51. The number of amides is 1. The number of carbonyl (C=O) groups excluding carboxylic acids is 1. The first-order valence-electron chi connectivity index (χ1n) is 9.31. The minimum Gasteiger partial charge on any atom is -0.459 e. The lowest BCUT2D eigenvalue weighted by Crippen LogP contribution is -2.39. The van der Waals surface area contributed by atoms with Crippen LogP contribution in [0.15, 0.2) is 47.3 Å². The molecule has 4 rings (SSSR count). The molecule has 4 heterocycles. The predicted octanol–water partition coefficient (Wildman–Crippen LogP) is 4.03. The van der Waals surface area contributed by atoms with Crippen molar-refractivity contribution < 1.29 is 13.9 Å². The Morgan fingerprint density at radius 3 is 2.64 bits per heavy atom. The molecule has 0 saturated carbocycles. The highest BCUT2D eigenvalue weighted by Gasteiger charge is 2.30. The number of rotatable bonds is 5. The fourth-order valence-corrected chi connectivity index (χ4v) is 4.67. The van der Waals surface area contributed by atoms with Crippen LogP contribution in [0.25, 0.3) is 0 Å². The second kappa shape index (κ2) is 8.26. The zero-order valence-electron chi connectivity index (χ0n) is 16.0. The molecule has 28 heavy (non-hydrogen) atoms. The van der Waals surface area contributed by atoms with E-state index in [-0.39, 0.29) is 11.9 Å². The molecule has 146 valence electrons. The summed E-state index contributed by atoms with van der Waals surface area (Å²) < 4.78 is 10.8. The third-order valence-corrected chi connectivity index (χ3v) is 6.25. The highest BCUT2D eigenvalue weighted by molar-refractivity contribution is 7.16. The number of hydrogen-bond acceptors (Lipinski definition) is 6. The van der Waals surface area contributed by atoms with Gasteiger partial charge >= 0.3 is 0 Å². The average molecular weight is 398 g/mol. The lowest BCUT2D eigenvalue weighted by molar-refractivity contribution is 0.0240. The summed E-state index contributed by atoms with van der Waals surface area (Å²) in [5.41, 5.74) is 3.50. The molecule has 1 atom stereocenters. The molecular weight excluding hydrogens is 374 g/mol. The van der Waals surface area contributed by atoms with E-state index in [1.54, 1.807) is 23.5 Å². The molecule has 0 radical (unpaired) electrons. The van der Waals surface area contributed by atoms with Crippen LogP contribution in [0.3, 0.4) is 0 Å². The highest BCUT2D eigenvalue weighted by atomic mass is 32.1. The van der Waals surface area contributed by atoms with Crippen molar-refractivity contribution in [2.75, 3.05) is 31.6 Å². The third-order valence-electron chi connectivity index (χ3n) is 5.11. The van der Waals surface area contributed by atoms with Gasteiger partial charge in [0, 0.05) is 35.9 Å². The average Bonchev–Trinajstić information content (AvgIpc) is 3.35. The number of aryl methyl sites for hydroxylation is 1. The Morgan fingerprint density at radius 1 is 1.21 bits per heavy atom. The van der Waals surface area contributed by atoms with E-state index in [4.69, 9.17) is 9.15 Å². The zero-order chi connectivity index (χ0) is 19.5. The van der Waals surface area contributed by atoms with Crippen molar-refractivity contribution in [2.24, 2.45) is 0 Å². The summed E-state index contributed by atoms with van der Waals surface area (Å²) in [5.74, 6) is 0.0736. The van der Waals surface area contributed by atoms with Crippen molar-refractivity contribution in [1.29, 1.82) is 0 Å². The maximum absolute atomic E-state index is 12.6. The Labute approximate surface area is 168 Å². The summed E-state index contributed by atoms with van der Waals surface area (Å²) >= 11 is 1.61. The van der Waals surface area contributed by atoms with Gasteiger partial charge in [-0.3, -0.25) is 14.7 Å².